The molecule has 10 aromatic carbocycles. The fraction of sp³-hybridized carbons (Fsp3) is 0. The molecule has 3 nitrogen and oxygen atoms in total. The van der Waals surface area contributed by atoms with Gasteiger partial charge in [-0.2, -0.15) is 0 Å². The molecule has 0 atom stereocenters. The summed E-state index contributed by atoms with van der Waals surface area (Å²) in [7, 11) is 0. The molecule has 286 valence electrons. The van der Waals surface area contributed by atoms with Crippen LogP contribution < -0.4 is 4.90 Å². The van der Waals surface area contributed by atoms with Gasteiger partial charge in [-0.25, -0.2) is 0 Å². The SMILES string of the molecule is c1ccc(-c2ccc(N(c3ccc(-c4cccc(-n5c6ccccc6c6ccccc65)c4)cc3)c3ccc(-c4cccc5ccc6oc7ccccc7c6c45)cc3)cc2)cc1. The van der Waals surface area contributed by atoms with Crippen LogP contribution in [0, 0.1) is 0 Å². The van der Waals surface area contributed by atoms with Gasteiger partial charge in [0.25, 0.3) is 0 Å². The molecule has 0 spiro atoms. The number of hydrogen-bond donors (Lipinski definition) is 0. The summed E-state index contributed by atoms with van der Waals surface area (Å²) < 4.78 is 8.70. The number of fused-ring (bicyclic) bond motifs is 8. The third-order valence-corrected chi connectivity index (χ3v) is 12.2. The molecule has 0 aliphatic carbocycles. The van der Waals surface area contributed by atoms with Crippen molar-refractivity contribution in [2.24, 2.45) is 0 Å². The summed E-state index contributed by atoms with van der Waals surface area (Å²) in [5.41, 5.74) is 15.7. The molecule has 2 heterocycles. The Hall–Kier alpha value is -8.14. The second-order valence-corrected chi connectivity index (χ2v) is 15.7. The lowest BCUT2D eigenvalue weighted by atomic mass is 9.94. The molecule has 0 unspecified atom stereocenters. The third-order valence-electron chi connectivity index (χ3n) is 12.2. The summed E-state index contributed by atoms with van der Waals surface area (Å²) in [5.74, 6) is 0. The molecule has 12 aromatic rings. The first-order valence-corrected chi connectivity index (χ1v) is 20.8. The van der Waals surface area contributed by atoms with Crippen molar-refractivity contribution >= 4 is 71.6 Å². The average molecular weight is 779 g/mol. The van der Waals surface area contributed by atoms with E-state index in [0.717, 1.165) is 55.8 Å². The van der Waals surface area contributed by atoms with Gasteiger partial charge in [0.2, 0.25) is 0 Å². The minimum absolute atomic E-state index is 0.907. The maximum atomic E-state index is 6.32. The van der Waals surface area contributed by atoms with E-state index in [1.807, 2.05) is 6.07 Å². The molecule has 0 fully saturated rings. The molecule has 0 radical (unpaired) electrons. The van der Waals surface area contributed by atoms with Gasteiger partial charge < -0.3 is 13.9 Å². The summed E-state index contributed by atoms with van der Waals surface area (Å²) in [5, 5.41) is 7.23. The van der Waals surface area contributed by atoms with Crippen molar-refractivity contribution in [1.82, 2.24) is 4.57 Å². The lowest BCUT2D eigenvalue weighted by Gasteiger charge is -2.26. The predicted molar refractivity (Wildman–Crippen MR) is 257 cm³/mol. The summed E-state index contributed by atoms with van der Waals surface area (Å²) in [4.78, 5) is 2.35. The smallest absolute Gasteiger partial charge is 0.136 e. The van der Waals surface area contributed by atoms with Gasteiger partial charge in [0.1, 0.15) is 11.2 Å². The van der Waals surface area contributed by atoms with Gasteiger partial charge in [-0.3, -0.25) is 0 Å². The third kappa shape index (κ3) is 5.90. The highest BCUT2D eigenvalue weighted by molar-refractivity contribution is 6.22. The van der Waals surface area contributed by atoms with Gasteiger partial charge in [0.15, 0.2) is 0 Å². The molecular weight excluding hydrogens is 741 g/mol. The van der Waals surface area contributed by atoms with Gasteiger partial charge in [0.05, 0.1) is 11.0 Å². The summed E-state index contributed by atoms with van der Waals surface area (Å²) in [6.07, 6.45) is 0. The zero-order valence-corrected chi connectivity index (χ0v) is 33.2. The Morgan fingerprint density at radius 2 is 0.852 bits per heavy atom. The number of benzene rings is 10. The van der Waals surface area contributed by atoms with Crippen molar-refractivity contribution in [3.8, 4) is 39.1 Å². The molecule has 0 amide bonds. The predicted octanol–water partition coefficient (Wildman–Crippen LogP) is 16.3. The highest BCUT2D eigenvalue weighted by Crippen LogP contribution is 2.42. The molecule has 0 saturated carbocycles. The number of rotatable bonds is 7. The molecule has 2 aromatic heterocycles. The molecule has 0 aliphatic rings. The Kier molecular flexibility index (Phi) is 8.17. The van der Waals surface area contributed by atoms with Crippen LogP contribution in [-0.2, 0) is 0 Å². The molecule has 61 heavy (non-hydrogen) atoms. The van der Waals surface area contributed by atoms with Crippen molar-refractivity contribution in [2.45, 2.75) is 0 Å². The number of hydrogen-bond acceptors (Lipinski definition) is 2. The fourth-order valence-electron chi connectivity index (χ4n) is 9.33. The first-order valence-electron chi connectivity index (χ1n) is 20.8. The molecule has 0 saturated heterocycles. The lowest BCUT2D eigenvalue weighted by molar-refractivity contribution is 0.669. The van der Waals surface area contributed by atoms with Crippen LogP contribution in [0.2, 0.25) is 0 Å². The van der Waals surface area contributed by atoms with E-state index in [-0.39, 0.29) is 0 Å². The minimum Gasteiger partial charge on any atom is -0.456 e. The summed E-state index contributed by atoms with van der Waals surface area (Å²) in [6.45, 7) is 0. The Morgan fingerprint density at radius 1 is 0.328 bits per heavy atom. The highest BCUT2D eigenvalue weighted by atomic mass is 16.3. The van der Waals surface area contributed by atoms with Gasteiger partial charge in [-0.15, -0.1) is 0 Å². The number of para-hydroxylation sites is 3. The van der Waals surface area contributed by atoms with Crippen LogP contribution in [-0.4, -0.2) is 4.57 Å². The quantitative estimate of drug-likeness (QED) is 0.161. The van der Waals surface area contributed by atoms with Crippen molar-refractivity contribution in [3.63, 3.8) is 0 Å². The van der Waals surface area contributed by atoms with E-state index in [1.165, 1.54) is 54.8 Å². The Labute approximate surface area is 353 Å². The van der Waals surface area contributed by atoms with Crippen LogP contribution in [0.1, 0.15) is 0 Å². The number of aromatic nitrogens is 1. The zero-order chi connectivity index (χ0) is 40.3. The van der Waals surface area contributed by atoms with E-state index in [2.05, 4.69) is 234 Å². The van der Waals surface area contributed by atoms with Gasteiger partial charge >= 0.3 is 0 Å². The number of nitrogens with zero attached hydrogens (tertiary/aromatic N) is 2. The zero-order valence-electron chi connectivity index (χ0n) is 33.2. The molecule has 12 rings (SSSR count). The van der Waals surface area contributed by atoms with Crippen molar-refractivity contribution in [1.29, 1.82) is 0 Å². The number of anilines is 3. The second kappa shape index (κ2) is 14.3. The Balaban J connectivity index is 0.941. The van der Waals surface area contributed by atoms with Gasteiger partial charge in [-0.1, -0.05) is 158 Å². The van der Waals surface area contributed by atoms with Crippen LogP contribution in [0.3, 0.4) is 0 Å². The normalized spacial score (nSPS) is 11.6. The first-order chi connectivity index (χ1) is 30.2. The highest BCUT2D eigenvalue weighted by Gasteiger charge is 2.18. The van der Waals surface area contributed by atoms with Crippen LogP contribution >= 0.6 is 0 Å². The van der Waals surface area contributed by atoms with E-state index >= 15 is 0 Å². The first kappa shape index (κ1) is 34.9. The number of furan rings is 1. The van der Waals surface area contributed by atoms with Crippen molar-refractivity contribution < 1.29 is 4.42 Å². The topological polar surface area (TPSA) is 21.3 Å². The van der Waals surface area contributed by atoms with E-state index < -0.39 is 0 Å². The maximum Gasteiger partial charge on any atom is 0.136 e. The van der Waals surface area contributed by atoms with Gasteiger partial charge in [0, 0.05) is 49.7 Å². The van der Waals surface area contributed by atoms with E-state index in [0.29, 0.717) is 0 Å². The minimum atomic E-state index is 0.907. The maximum absolute atomic E-state index is 6.32. The molecular formula is C58H38N2O. The molecule has 0 bridgehead atoms. The van der Waals surface area contributed by atoms with E-state index in [9.17, 15) is 0 Å². The molecule has 0 N–H and O–H groups in total. The monoisotopic (exact) mass is 778 g/mol. The van der Waals surface area contributed by atoms with Crippen LogP contribution in [0.25, 0.3) is 93.6 Å². The van der Waals surface area contributed by atoms with Gasteiger partial charge in [-0.05, 0) is 112 Å². The lowest BCUT2D eigenvalue weighted by Crippen LogP contribution is -2.09. The van der Waals surface area contributed by atoms with Crippen molar-refractivity contribution in [3.05, 3.63) is 231 Å². The summed E-state index contributed by atoms with van der Waals surface area (Å²) in [6, 6.07) is 82.9. The van der Waals surface area contributed by atoms with Crippen LogP contribution in [0.5, 0.6) is 0 Å². The fourth-order valence-corrected chi connectivity index (χ4v) is 9.33. The van der Waals surface area contributed by atoms with Crippen LogP contribution in [0.4, 0.5) is 17.1 Å². The Bertz CT molecular complexity index is 3510. The van der Waals surface area contributed by atoms with Crippen molar-refractivity contribution in [2.75, 3.05) is 4.90 Å². The van der Waals surface area contributed by atoms with E-state index in [1.54, 1.807) is 0 Å². The second-order valence-electron chi connectivity index (χ2n) is 15.7. The standard InChI is InChI=1S/C58H38N2O/c1-2-12-39(13-3-1)40-24-31-45(32-25-40)59(47-35-28-42(29-36-47)49-20-11-14-43-30-37-56-58(57(43)49)52-19-6-9-23-55(52)61-56)46-33-26-41(27-34-46)44-15-10-16-48(38-44)60-53-21-7-4-17-50(53)51-18-5-8-22-54(51)60/h1-38H. The van der Waals surface area contributed by atoms with E-state index in [4.69, 9.17) is 4.42 Å². The largest absolute Gasteiger partial charge is 0.456 e. The molecule has 0 aliphatic heterocycles. The van der Waals surface area contributed by atoms with Crippen LogP contribution in [0.15, 0.2) is 235 Å². The molecule has 3 heteroatoms. The average Bonchev–Trinajstić information content (AvgIpc) is 3.89. The summed E-state index contributed by atoms with van der Waals surface area (Å²) >= 11 is 0. The Morgan fingerprint density at radius 3 is 1.52 bits per heavy atom.